The molecule has 0 bridgehead atoms. The van der Waals surface area contributed by atoms with Crippen LogP contribution in [0.3, 0.4) is 0 Å². The van der Waals surface area contributed by atoms with Crippen molar-refractivity contribution in [1.82, 2.24) is 4.90 Å². The fourth-order valence-corrected chi connectivity index (χ4v) is 2.17. The number of carbonyl (C=O) groups is 2. The number of hydrogen-bond acceptors (Lipinski definition) is 3. The first kappa shape index (κ1) is 14.0. The molecule has 0 aromatic carbocycles. The molecule has 1 aliphatic rings. The van der Waals surface area contributed by atoms with Crippen LogP contribution in [-0.2, 0) is 9.59 Å². The number of carboxylic acid groups (broad SMARTS) is 1. The van der Waals surface area contributed by atoms with Gasteiger partial charge in [0.15, 0.2) is 0 Å². The van der Waals surface area contributed by atoms with Crippen LogP contribution in [0.4, 0.5) is 0 Å². The second kappa shape index (κ2) is 5.49. The lowest BCUT2D eigenvalue weighted by Gasteiger charge is -2.32. The molecule has 1 saturated heterocycles. The van der Waals surface area contributed by atoms with E-state index in [4.69, 9.17) is 5.11 Å². The minimum absolute atomic E-state index is 0.0187. The Labute approximate surface area is 101 Å². The summed E-state index contributed by atoms with van der Waals surface area (Å²) in [4.78, 5) is 24.3. The van der Waals surface area contributed by atoms with Crippen molar-refractivity contribution >= 4 is 11.9 Å². The normalized spacial score (nSPS) is 21.4. The van der Waals surface area contributed by atoms with Crippen LogP contribution in [0, 0.1) is 5.41 Å². The highest BCUT2D eigenvalue weighted by molar-refractivity contribution is 5.78. The van der Waals surface area contributed by atoms with E-state index in [9.17, 15) is 14.7 Å². The molecule has 1 rings (SSSR count). The topological polar surface area (TPSA) is 77.8 Å². The standard InChI is InChI=1S/C12H21NO4/c1-12(2,7-11(16)17)6-10(15)13-5-3-4-9(14)8-13/h9,14H,3-8H2,1-2H3,(H,16,17). The molecule has 2 N–H and O–H groups in total. The van der Waals surface area contributed by atoms with Crippen molar-refractivity contribution in [2.24, 2.45) is 5.41 Å². The van der Waals surface area contributed by atoms with Crippen molar-refractivity contribution in [3.63, 3.8) is 0 Å². The van der Waals surface area contributed by atoms with Crippen LogP contribution in [0.2, 0.25) is 0 Å². The molecular formula is C12H21NO4. The molecule has 0 radical (unpaired) electrons. The summed E-state index contributed by atoms with van der Waals surface area (Å²) in [5.74, 6) is -0.948. The number of β-amino-alcohol motifs (C(OH)–C–C–N with tert-alkyl or cyclic N) is 1. The number of hydrogen-bond donors (Lipinski definition) is 2. The summed E-state index contributed by atoms with van der Waals surface area (Å²) in [6.45, 7) is 4.60. The van der Waals surface area contributed by atoms with Gasteiger partial charge in [-0.15, -0.1) is 0 Å². The van der Waals surface area contributed by atoms with Gasteiger partial charge in [0.25, 0.3) is 0 Å². The van der Waals surface area contributed by atoms with E-state index in [1.54, 1.807) is 18.7 Å². The molecule has 0 spiro atoms. The van der Waals surface area contributed by atoms with Crippen molar-refractivity contribution in [2.75, 3.05) is 13.1 Å². The first-order valence-electron chi connectivity index (χ1n) is 5.98. The molecule has 0 aromatic rings. The van der Waals surface area contributed by atoms with Gasteiger partial charge in [-0.1, -0.05) is 13.8 Å². The zero-order valence-electron chi connectivity index (χ0n) is 10.5. The van der Waals surface area contributed by atoms with Crippen molar-refractivity contribution < 1.29 is 19.8 Å². The van der Waals surface area contributed by atoms with Crippen LogP contribution in [0.1, 0.15) is 39.5 Å². The molecule has 1 fully saturated rings. The van der Waals surface area contributed by atoms with Gasteiger partial charge in [-0.3, -0.25) is 9.59 Å². The fraction of sp³-hybridized carbons (Fsp3) is 0.833. The lowest BCUT2D eigenvalue weighted by atomic mass is 9.85. The number of aliphatic carboxylic acids is 1. The Balaban J connectivity index is 2.50. The number of likely N-dealkylation sites (tertiary alicyclic amines) is 1. The first-order valence-corrected chi connectivity index (χ1v) is 5.98. The molecule has 1 atom stereocenters. The van der Waals surface area contributed by atoms with Gasteiger partial charge in [0, 0.05) is 19.5 Å². The second-order valence-corrected chi connectivity index (χ2v) is 5.55. The molecule has 98 valence electrons. The monoisotopic (exact) mass is 243 g/mol. The number of carbonyl (C=O) groups excluding carboxylic acids is 1. The average molecular weight is 243 g/mol. The van der Waals surface area contributed by atoms with Gasteiger partial charge in [0.2, 0.25) is 5.91 Å². The molecule has 1 heterocycles. The zero-order chi connectivity index (χ0) is 13.1. The first-order chi connectivity index (χ1) is 7.80. The lowest BCUT2D eigenvalue weighted by Crippen LogP contribution is -2.43. The van der Waals surface area contributed by atoms with Gasteiger partial charge in [0.1, 0.15) is 0 Å². The van der Waals surface area contributed by atoms with Crippen molar-refractivity contribution in [3.8, 4) is 0 Å². The maximum atomic E-state index is 12.0. The Kier molecular flexibility index (Phi) is 4.51. The van der Waals surface area contributed by atoms with E-state index >= 15 is 0 Å². The number of rotatable bonds is 4. The average Bonchev–Trinajstić information content (AvgIpc) is 2.14. The van der Waals surface area contributed by atoms with Crippen LogP contribution in [0.5, 0.6) is 0 Å². The number of carboxylic acids is 1. The third kappa shape index (κ3) is 4.73. The lowest BCUT2D eigenvalue weighted by molar-refractivity contribution is -0.141. The zero-order valence-corrected chi connectivity index (χ0v) is 10.5. The minimum Gasteiger partial charge on any atom is -0.481 e. The van der Waals surface area contributed by atoms with Crippen molar-refractivity contribution in [2.45, 2.75) is 45.6 Å². The van der Waals surface area contributed by atoms with Gasteiger partial charge < -0.3 is 15.1 Å². The molecule has 1 unspecified atom stereocenters. The Bertz CT molecular complexity index is 301. The molecule has 0 saturated carbocycles. The van der Waals surface area contributed by atoms with E-state index in [1.807, 2.05) is 0 Å². The predicted molar refractivity (Wildman–Crippen MR) is 62.5 cm³/mol. The summed E-state index contributed by atoms with van der Waals surface area (Å²) in [5.41, 5.74) is -0.536. The molecule has 0 aromatic heterocycles. The summed E-state index contributed by atoms with van der Waals surface area (Å²) in [6, 6.07) is 0. The summed E-state index contributed by atoms with van der Waals surface area (Å²) in [6.07, 6.45) is 1.31. The summed E-state index contributed by atoms with van der Waals surface area (Å²) in [7, 11) is 0. The maximum absolute atomic E-state index is 12.0. The number of piperidine rings is 1. The third-order valence-corrected chi connectivity index (χ3v) is 3.01. The summed E-state index contributed by atoms with van der Waals surface area (Å²) in [5, 5.41) is 18.2. The van der Waals surface area contributed by atoms with E-state index in [0.29, 0.717) is 13.1 Å². The fourth-order valence-electron chi connectivity index (χ4n) is 2.17. The van der Waals surface area contributed by atoms with E-state index in [0.717, 1.165) is 12.8 Å². The van der Waals surface area contributed by atoms with Crippen LogP contribution in [-0.4, -0.2) is 46.2 Å². The molecule has 1 amide bonds. The Hall–Kier alpha value is -1.10. The van der Waals surface area contributed by atoms with E-state index in [1.165, 1.54) is 0 Å². The summed E-state index contributed by atoms with van der Waals surface area (Å²) < 4.78 is 0. The van der Waals surface area contributed by atoms with Gasteiger partial charge in [-0.05, 0) is 18.3 Å². The number of amides is 1. The molecule has 5 heteroatoms. The Morgan fingerprint density at radius 3 is 2.53 bits per heavy atom. The van der Waals surface area contributed by atoms with Crippen LogP contribution in [0.25, 0.3) is 0 Å². The highest BCUT2D eigenvalue weighted by atomic mass is 16.4. The smallest absolute Gasteiger partial charge is 0.303 e. The van der Waals surface area contributed by atoms with E-state index in [-0.39, 0.29) is 18.7 Å². The van der Waals surface area contributed by atoms with Crippen LogP contribution >= 0.6 is 0 Å². The van der Waals surface area contributed by atoms with E-state index in [2.05, 4.69) is 0 Å². The quantitative estimate of drug-likeness (QED) is 0.767. The van der Waals surface area contributed by atoms with Gasteiger partial charge in [-0.2, -0.15) is 0 Å². The van der Waals surface area contributed by atoms with Crippen LogP contribution < -0.4 is 0 Å². The van der Waals surface area contributed by atoms with Crippen LogP contribution in [0.15, 0.2) is 0 Å². The van der Waals surface area contributed by atoms with Crippen molar-refractivity contribution in [1.29, 1.82) is 0 Å². The third-order valence-electron chi connectivity index (χ3n) is 3.01. The van der Waals surface area contributed by atoms with Gasteiger partial charge in [-0.25, -0.2) is 0 Å². The largest absolute Gasteiger partial charge is 0.481 e. The number of aliphatic hydroxyl groups is 1. The Morgan fingerprint density at radius 1 is 1.35 bits per heavy atom. The molecule has 17 heavy (non-hydrogen) atoms. The molecular weight excluding hydrogens is 222 g/mol. The number of nitrogens with zero attached hydrogens (tertiary/aromatic N) is 1. The van der Waals surface area contributed by atoms with Crippen molar-refractivity contribution in [3.05, 3.63) is 0 Å². The predicted octanol–water partition coefficient (Wildman–Crippen LogP) is 0.861. The highest BCUT2D eigenvalue weighted by Crippen LogP contribution is 2.26. The number of aliphatic hydroxyl groups excluding tert-OH is 1. The Morgan fingerprint density at radius 2 is 2.00 bits per heavy atom. The highest BCUT2D eigenvalue weighted by Gasteiger charge is 2.29. The van der Waals surface area contributed by atoms with E-state index < -0.39 is 17.5 Å². The molecule has 0 aliphatic carbocycles. The molecule has 1 aliphatic heterocycles. The molecule has 5 nitrogen and oxygen atoms in total. The van der Waals surface area contributed by atoms with Gasteiger partial charge >= 0.3 is 5.97 Å². The minimum atomic E-state index is -0.888. The maximum Gasteiger partial charge on any atom is 0.303 e. The van der Waals surface area contributed by atoms with Gasteiger partial charge in [0.05, 0.1) is 12.5 Å². The second-order valence-electron chi connectivity index (χ2n) is 5.55. The summed E-state index contributed by atoms with van der Waals surface area (Å²) >= 11 is 0. The SMILES string of the molecule is CC(C)(CC(=O)O)CC(=O)N1CCCC(O)C1.